The predicted molar refractivity (Wildman–Crippen MR) is 65.0 cm³/mol. The molecule has 2 nitrogen and oxygen atoms in total. The van der Waals surface area contributed by atoms with E-state index in [9.17, 15) is 13.2 Å². The maximum Gasteiger partial charge on any atom is 0.411 e. The second-order valence-corrected chi connectivity index (χ2v) is 4.67. The summed E-state index contributed by atoms with van der Waals surface area (Å²) in [4.78, 5) is 0. The van der Waals surface area contributed by atoms with E-state index >= 15 is 0 Å². The Morgan fingerprint density at radius 2 is 1.94 bits per heavy atom. The van der Waals surface area contributed by atoms with E-state index in [-0.39, 0.29) is 6.61 Å². The molecule has 1 aromatic carbocycles. The molecule has 0 bridgehead atoms. The molecule has 1 atom stereocenters. The lowest BCUT2D eigenvalue weighted by Crippen LogP contribution is -2.31. The van der Waals surface area contributed by atoms with Crippen molar-refractivity contribution in [2.45, 2.75) is 18.6 Å². The lowest BCUT2D eigenvalue weighted by molar-refractivity contribution is -0.174. The molecule has 0 aliphatic heterocycles. The minimum atomic E-state index is -4.34. The molecular weight excluding hydrogens is 290 g/mol. The molecule has 7 heteroatoms. The van der Waals surface area contributed by atoms with Crippen LogP contribution in [0.4, 0.5) is 13.2 Å². The molecule has 0 saturated heterocycles. The lowest BCUT2D eigenvalue weighted by Gasteiger charge is -2.14. The molecule has 0 heterocycles. The summed E-state index contributed by atoms with van der Waals surface area (Å²) in [6.45, 7) is -1.49. The third-order valence-corrected chi connectivity index (χ3v) is 2.69. The molecule has 1 unspecified atom stereocenters. The Kier molecular flexibility index (Phi) is 5.72. The zero-order chi connectivity index (χ0) is 13.8. The molecule has 0 amide bonds. The van der Waals surface area contributed by atoms with Crippen molar-refractivity contribution >= 4 is 23.2 Å². The van der Waals surface area contributed by atoms with Crippen LogP contribution < -0.4 is 5.73 Å². The van der Waals surface area contributed by atoms with Gasteiger partial charge in [0.2, 0.25) is 0 Å². The second-order valence-electron chi connectivity index (χ2n) is 3.83. The van der Waals surface area contributed by atoms with Crippen LogP contribution in [0.2, 0.25) is 10.0 Å². The molecular formula is C11H12Cl2F3NO. The SMILES string of the molecule is NC(COCC(F)(F)F)Cc1cc(Cl)ccc1Cl. The van der Waals surface area contributed by atoms with Gasteiger partial charge in [0.15, 0.2) is 0 Å². The monoisotopic (exact) mass is 301 g/mol. The maximum absolute atomic E-state index is 11.8. The topological polar surface area (TPSA) is 35.2 Å². The van der Waals surface area contributed by atoms with Crippen LogP contribution in [0, 0.1) is 0 Å². The van der Waals surface area contributed by atoms with Crippen molar-refractivity contribution in [3.8, 4) is 0 Å². The van der Waals surface area contributed by atoms with Gasteiger partial charge >= 0.3 is 6.18 Å². The smallest absolute Gasteiger partial charge is 0.370 e. The van der Waals surface area contributed by atoms with E-state index in [1.807, 2.05) is 0 Å². The van der Waals surface area contributed by atoms with E-state index in [2.05, 4.69) is 4.74 Å². The Labute approximate surface area is 113 Å². The Hall–Kier alpha value is -0.490. The first-order chi connectivity index (χ1) is 8.28. The number of hydrogen-bond donors (Lipinski definition) is 1. The van der Waals surface area contributed by atoms with Crippen molar-refractivity contribution in [3.63, 3.8) is 0 Å². The van der Waals surface area contributed by atoms with E-state index in [1.54, 1.807) is 18.2 Å². The summed E-state index contributed by atoms with van der Waals surface area (Å²) in [6.07, 6.45) is -4.04. The molecule has 2 N–H and O–H groups in total. The number of benzene rings is 1. The average molecular weight is 302 g/mol. The third kappa shape index (κ3) is 5.91. The van der Waals surface area contributed by atoms with Gasteiger partial charge in [-0.1, -0.05) is 23.2 Å². The summed E-state index contributed by atoms with van der Waals surface area (Å²) < 4.78 is 40.0. The molecule has 0 fully saturated rings. The van der Waals surface area contributed by atoms with Gasteiger partial charge in [-0.3, -0.25) is 0 Å². The molecule has 0 spiro atoms. The summed E-state index contributed by atoms with van der Waals surface area (Å²) in [5, 5.41) is 0.975. The van der Waals surface area contributed by atoms with Crippen molar-refractivity contribution in [3.05, 3.63) is 33.8 Å². The van der Waals surface area contributed by atoms with E-state index in [0.29, 0.717) is 22.0 Å². The van der Waals surface area contributed by atoms with Crippen molar-refractivity contribution in [2.75, 3.05) is 13.2 Å². The zero-order valence-electron chi connectivity index (χ0n) is 9.31. The van der Waals surface area contributed by atoms with Crippen LogP contribution in [0.25, 0.3) is 0 Å². The molecule has 18 heavy (non-hydrogen) atoms. The van der Waals surface area contributed by atoms with Gasteiger partial charge < -0.3 is 10.5 Å². The first-order valence-corrected chi connectivity index (χ1v) is 5.87. The van der Waals surface area contributed by atoms with Crippen LogP contribution in [0.1, 0.15) is 5.56 Å². The highest BCUT2D eigenvalue weighted by Crippen LogP contribution is 2.22. The van der Waals surface area contributed by atoms with E-state index < -0.39 is 18.8 Å². The zero-order valence-corrected chi connectivity index (χ0v) is 10.8. The average Bonchev–Trinajstić information content (AvgIpc) is 2.21. The van der Waals surface area contributed by atoms with Crippen LogP contribution in [0.5, 0.6) is 0 Å². The van der Waals surface area contributed by atoms with Gasteiger partial charge in [-0.05, 0) is 30.2 Å². The second kappa shape index (κ2) is 6.61. The Bertz CT molecular complexity index is 398. The van der Waals surface area contributed by atoms with Gasteiger partial charge in [-0.15, -0.1) is 0 Å². The molecule has 0 aromatic heterocycles. The molecule has 0 aliphatic carbocycles. The van der Waals surface area contributed by atoms with E-state index in [1.165, 1.54) is 0 Å². The molecule has 102 valence electrons. The number of nitrogens with two attached hydrogens (primary N) is 1. The minimum absolute atomic E-state index is 0.192. The highest BCUT2D eigenvalue weighted by atomic mass is 35.5. The fourth-order valence-corrected chi connectivity index (χ4v) is 1.76. The van der Waals surface area contributed by atoms with Gasteiger partial charge in [0.1, 0.15) is 6.61 Å². The van der Waals surface area contributed by atoms with Crippen molar-refractivity contribution < 1.29 is 17.9 Å². The lowest BCUT2D eigenvalue weighted by atomic mass is 10.1. The van der Waals surface area contributed by atoms with Gasteiger partial charge in [0, 0.05) is 16.1 Å². The molecule has 1 rings (SSSR count). The fourth-order valence-electron chi connectivity index (χ4n) is 1.37. The van der Waals surface area contributed by atoms with Crippen molar-refractivity contribution in [1.29, 1.82) is 0 Å². The van der Waals surface area contributed by atoms with Crippen molar-refractivity contribution in [2.24, 2.45) is 5.73 Å². The quantitative estimate of drug-likeness (QED) is 0.904. The van der Waals surface area contributed by atoms with Crippen LogP contribution in [-0.2, 0) is 11.2 Å². The Morgan fingerprint density at radius 1 is 1.28 bits per heavy atom. The van der Waals surface area contributed by atoms with Gasteiger partial charge in [0.05, 0.1) is 6.61 Å². The number of alkyl halides is 3. The number of rotatable bonds is 5. The third-order valence-electron chi connectivity index (χ3n) is 2.09. The van der Waals surface area contributed by atoms with Crippen LogP contribution in [-0.4, -0.2) is 25.4 Å². The Morgan fingerprint density at radius 3 is 2.56 bits per heavy atom. The van der Waals surface area contributed by atoms with Crippen molar-refractivity contribution in [1.82, 2.24) is 0 Å². The van der Waals surface area contributed by atoms with Gasteiger partial charge in [-0.2, -0.15) is 13.2 Å². The number of ether oxygens (including phenoxy) is 1. The summed E-state index contributed by atoms with van der Waals surface area (Å²) in [7, 11) is 0. The fraction of sp³-hybridized carbons (Fsp3) is 0.455. The largest absolute Gasteiger partial charge is 0.411 e. The summed E-state index contributed by atoms with van der Waals surface area (Å²) in [5.41, 5.74) is 6.35. The summed E-state index contributed by atoms with van der Waals surface area (Å²) >= 11 is 11.7. The summed E-state index contributed by atoms with van der Waals surface area (Å²) in [6, 6.07) is 4.30. The normalized spacial score (nSPS) is 13.7. The standard InChI is InChI=1S/C11H12Cl2F3NO/c12-8-1-2-10(13)7(3-8)4-9(17)5-18-6-11(14,15)16/h1-3,9H,4-6,17H2. The van der Waals surface area contributed by atoms with Gasteiger partial charge in [-0.25, -0.2) is 0 Å². The summed E-state index contributed by atoms with van der Waals surface area (Å²) in [5.74, 6) is 0. The van der Waals surface area contributed by atoms with Crippen LogP contribution in [0.15, 0.2) is 18.2 Å². The first kappa shape index (κ1) is 15.6. The van der Waals surface area contributed by atoms with Crippen LogP contribution in [0.3, 0.4) is 0 Å². The van der Waals surface area contributed by atoms with Crippen LogP contribution >= 0.6 is 23.2 Å². The molecule has 1 aromatic rings. The molecule has 0 radical (unpaired) electrons. The maximum atomic E-state index is 11.8. The highest BCUT2D eigenvalue weighted by Gasteiger charge is 2.27. The number of hydrogen-bond acceptors (Lipinski definition) is 2. The predicted octanol–water partition coefficient (Wildman–Crippen LogP) is 3.44. The highest BCUT2D eigenvalue weighted by molar-refractivity contribution is 6.33. The van der Waals surface area contributed by atoms with E-state index in [4.69, 9.17) is 28.9 Å². The Balaban J connectivity index is 2.44. The number of halogens is 5. The molecule has 0 aliphatic rings. The minimum Gasteiger partial charge on any atom is -0.370 e. The van der Waals surface area contributed by atoms with Gasteiger partial charge in [0.25, 0.3) is 0 Å². The molecule has 0 saturated carbocycles. The first-order valence-electron chi connectivity index (χ1n) is 5.12. The van der Waals surface area contributed by atoms with E-state index in [0.717, 1.165) is 0 Å².